The average Bonchev–Trinajstić information content (AvgIpc) is 3.42. The summed E-state index contributed by atoms with van der Waals surface area (Å²) in [4.78, 5) is 19.7. The Morgan fingerprint density at radius 3 is 2.48 bits per heavy atom. The molecule has 0 unspecified atom stereocenters. The fraction of sp³-hybridized carbons (Fsp3) is 0.182. The fourth-order valence-electron chi connectivity index (χ4n) is 3.02. The molecule has 31 heavy (non-hydrogen) atoms. The van der Waals surface area contributed by atoms with Crippen molar-refractivity contribution in [2.24, 2.45) is 0 Å². The van der Waals surface area contributed by atoms with Crippen molar-refractivity contribution in [1.82, 2.24) is 4.98 Å². The van der Waals surface area contributed by atoms with Crippen molar-refractivity contribution in [1.29, 1.82) is 0 Å². The molecule has 0 N–H and O–H groups in total. The fourth-order valence-corrected chi connectivity index (χ4v) is 5.34. The number of hydrogen-bond acceptors (Lipinski definition) is 6. The zero-order valence-corrected chi connectivity index (χ0v) is 19.2. The van der Waals surface area contributed by atoms with Gasteiger partial charge in [0.15, 0.2) is 15.0 Å². The van der Waals surface area contributed by atoms with E-state index in [0.29, 0.717) is 27.0 Å². The Hall–Kier alpha value is -2.68. The zero-order chi connectivity index (χ0) is 22.2. The van der Waals surface area contributed by atoms with Crippen LogP contribution in [-0.4, -0.2) is 24.6 Å². The largest absolute Gasteiger partial charge is 0.467 e. The van der Waals surface area contributed by atoms with Gasteiger partial charge in [0.05, 0.1) is 32.7 Å². The molecule has 1 amide bonds. The lowest BCUT2D eigenvalue weighted by Crippen LogP contribution is -2.30. The molecule has 0 atom stereocenters. The number of aromatic nitrogens is 1. The van der Waals surface area contributed by atoms with E-state index in [1.807, 2.05) is 12.1 Å². The Labute approximate surface area is 189 Å². The number of benzene rings is 2. The Balaban J connectivity index is 1.73. The second kappa shape index (κ2) is 8.45. The summed E-state index contributed by atoms with van der Waals surface area (Å²) in [6, 6.07) is 15.0. The van der Waals surface area contributed by atoms with E-state index in [1.54, 1.807) is 38.3 Å². The van der Waals surface area contributed by atoms with Gasteiger partial charge in [-0.3, -0.25) is 9.69 Å². The van der Waals surface area contributed by atoms with Crippen LogP contribution < -0.4 is 4.90 Å². The van der Waals surface area contributed by atoms with E-state index in [1.165, 1.54) is 40.5 Å². The molecule has 4 rings (SSSR count). The summed E-state index contributed by atoms with van der Waals surface area (Å²) in [6.45, 7) is 3.42. The highest BCUT2D eigenvalue weighted by Crippen LogP contribution is 2.34. The maximum atomic E-state index is 13.4. The van der Waals surface area contributed by atoms with Crippen LogP contribution >= 0.6 is 22.9 Å². The van der Waals surface area contributed by atoms with E-state index in [2.05, 4.69) is 4.98 Å². The lowest BCUT2D eigenvalue weighted by molar-refractivity contribution is 0.0983. The molecule has 0 spiro atoms. The standard InChI is InChI=1S/C22H19ClN2O4S2/c1-14(2)31(27,28)17-10-8-15(9-11-17)21(26)25(13-16-5-4-12-29-16)22-24-20-18(23)6-3-7-19(20)30-22/h3-12,14H,13H2,1-2H3. The van der Waals surface area contributed by atoms with Crippen molar-refractivity contribution in [3.63, 3.8) is 0 Å². The van der Waals surface area contributed by atoms with Crippen molar-refractivity contribution in [3.8, 4) is 0 Å². The SMILES string of the molecule is CC(C)S(=O)(=O)c1ccc(C(=O)N(Cc2ccco2)c2nc3c(Cl)cccc3s2)cc1. The van der Waals surface area contributed by atoms with Gasteiger partial charge in [0, 0.05) is 5.56 Å². The third-order valence-electron chi connectivity index (χ3n) is 4.78. The first-order chi connectivity index (χ1) is 14.8. The van der Waals surface area contributed by atoms with Gasteiger partial charge >= 0.3 is 0 Å². The summed E-state index contributed by atoms with van der Waals surface area (Å²) >= 11 is 7.61. The van der Waals surface area contributed by atoms with Gasteiger partial charge in [-0.1, -0.05) is 29.0 Å². The van der Waals surface area contributed by atoms with Crippen LogP contribution in [0.25, 0.3) is 10.2 Å². The molecule has 2 aromatic carbocycles. The maximum Gasteiger partial charge on any atom is 0.260 e. The molecule has 2 aromatic heterocycles. The maximum absolute atomic E-state index is 13.4. The molecule has 0 aliphatic carbocycles. The van der Waals surface area contributed by atoms with Crippen LogP contribution in [0, 0.1) is 0 Å². The molecule has 0 saturated heterocycles. The number of halogens is 1. The highest BCUT2D eigenvalue weighted by atomic mass is 35.5. The van der Waals surface area contributed by atoms with Gasteiger partial charge in [0.1, 0.15) is 11.3 Å². The van der Waals surface area contributed by atoms with E-state index in [9.17, 15) is 13.2 Å². The predicted molar refractivity (Wildman–Crippen MR) is 123 cm³/mol. The minimum absolute atomic E-state index is 0.176. The number of thiazole rings is 1. The number of amides is 1. The molecular weight excluding hydrogens is 456 g/mol. The summed E-state index contributed by atoms with van der Waals surface area (Å²) in [7, 11) is -3.42. The first kappa shape index (κ1) is 21.5. The molecule has 4 aromatic rings. The van der Waals surface area contributed by atoms with Crippen LogP contribution in [0.3, 0.4) is 0 Å². The highest BCUT2D eigenvalue weighted by molar-refractivity contribution is 7.92. The van der Waals surface area contributed by atoms with E-state index in [-0.39, 0.29) is 17.3 Å². The second-order valence-electron chi connectivity index (χ2n) is 7.17. The van der Waals surface area contributed by atoms with Gasteiger partial charge in [-0.05, 0) is 62.4 Å². The molecule has 160 valence electrons. The van der Waals surface area contributed by atoms with Crippen molar-refractivity contribution < 1.29 is 17.6 Å². The van der Waals surface area contributed by atoms with Crippen LogP contribution in [0.15, 0.2) is 70.2 Å². The Morgan fingerprint density at radius 2 is 1.87 bits per heavy atom. The van der Waals surface area contributed by atoms with Gasteiger partial charge in [-0.2, -0.15) is 0 Å². The molecule has 0 aliphatic heterocycles. The van der Waals surface area contributed by atoms with Crippen molar-refractivity contribution in [2.45, 2.75) is 30.5 Å². The summed E-state index contributed by atoms with van der Waals surface area (Å²) in [6.07, 6.45) is 1.54. The molecule has 0 radical (unpaired) electrons. The summed E-state index contributed by atoms with van der Waals surface area (Å²) in [5.74, 6) is 0.276. The van der Waals surface area contributed by atoms with E-state index >= 15 is 0 Å². The Bertz CT molecular complexity index is 1330. The van der Waals surface area contributed by atoms with Crippen LogP contribution in [0.5, 0.6) is 0 Å². The van der Waals surface area contributed by atoms with Gasteiger partial charge in [-0.15, -0.1) is 0 Å². The number of sulfone groups is 1. The average molecular weight is 475 g/mol. The number of para-hydroxylation sites is 1. The van der Waals surface area contributed by atoms with Gasteiger partial charge in [0.25, 0.3) is 5.91 Å². The molecule has 0 bridgehead atoms. The van der Waals surface area contributed by atoms with Crippen molar-refractivity contribution >= 4 is 54.0 Å². The second-order valence-corrected chi connectivity index (χ2v) is 11.1. The highest BCUT2D eigenvalue weighted by Gasteiger charge is 2.25. The number of fused-ring (bicyclic) bond motifs is 1. The molecule has 0 fully saturated rings. The molecular formula is C22H19ClN2O4S2. The Kier molecular flexibility index (Phi) is 5.88. The number of rotatable bonds is 6. The number of nitrogens with zero attached hydrogens (tertiary/aromatic N) is 2. The van der Waals surface area contributed by atoms with Crippen LogP contribution in [0.1, 0.15) is 30.0 Å². The quantitative estimate of drug-likeness (QED) is 0.365. The normalized spacial score (nSPS) is 11.9. The van der Waals surface area contributed by atoms with E-state index in [4.69, 9.17) is 16.0 Å². The Morgan fingerprint density at radius 1 is 1.13 bits per heavy atom. The van der Waals surface area contributed by atoms with Crippen LogP contribution in [0.2, 0.25) is 5.02 Å². The summed E-state index contributed by atoms with van der Waals surface area (Å²) in [5, 5.41) is 0.439. The van der Waals surface area contributed by atoms with E-state index in [0.717, 1.165) is 4.70 Å². The van der Waals surface area contributed by atoms with E-state index < -0.39 is 15.1 Å². The number of carbonyl (C=O) groups is 1. The summed E-state index contributed by atoms with van der Waals surface area (Å²) in [5.41, 5.74) is 0.972. The molecule has 9 heteroatoms. The van der Waals surface area contributed by atoms with Crippen molar-refractivity contribution in [2.75, 3.05) is 4.90 Å². The zero-order valence-electron chi connectivity index (χ0n) is 16.8. The molecule has 0 saturated carbocycles. The monoisotopic (exact) mass is 474 g/mol. The number of anilines is 1. The van der Waals surface area contributed by atoms with Crippen LogP contribution in [0.4, 0.5) is 5.13 Å². The molecule has 6 nitrogen and oxygen atoms in total. The minimum atomic E-state index is -3.42. The minimum Gasteiger partial charge on any atom is -0.467 e. The number of carbonyl (C=O) groups excluding carboxylic acids is 1. The molecule has 2 heterocycles. The third kappa shape index (κ3) is 4.23. The van der Waals surface area contributed by atoms with Gasteiger partial charge in [0.2, 0.25) is 0 Å². The number of hydrogen-bond donors (Lipinski definition) is 0. The molecule has 0 aliphatic rings. The topological polar surface area (TPSA) is 80.5 Å². The lowest BCUT2D eigenvalue weighted by Gasteiger charge is -2.19. The van der Waals surface area contributed by atoms with Crippen LogP contribution in [-0.2, 0) is 16.4 Å². The first-order valence-electron chi connectivity index (χ1n) is 9.50. The number of furan rings is 1. The lowest BCUT2D eigenvalue weighted by atomic mass is 10.2. The first-order valence-corrected chi connectivity index (χ1v) is 12.2. The van der Waals surface area contributed by atoms with Gasteiger partial charge < -0.3 is 4.42 Å². The third-order valence-corrected chi connectivity index (χ3v) is 8.30. The van der Waals surface area contributed by atoms with Gasteiger partial charge in [-0.25, -0.2) is 13.4 Å². The van der Waals surface area contributed by atoms with Crippen molar-refractivity contribution in [3.05, 3.63) is 77.2 Å². The summed E-state index contributed by atoms with van der Waals surface area (Å²) < 4.78 is 31.1. The predicted octanol–water partition coefficient (Wildman–Crippen LogP) is 5.57. The smallest absolute Gasteiger partial charge is 0.260 e.